The van der Waals surface area contributed by atoms with Gasteiger partial charge in [-0.05, 0) is 49.6 Å². The number of piperazine rings is 1. The minimum Gasteiger partial charge on any atom is -0.369 e. The number of aryl methyl sites for hydroxylation is 1. The van der Waals surface area contributed by atoms with Gasteiger partial charge >= 0.3 is 0 Å². The molecule has 5 heteroatoms. The van der Waals surface area contributed by atoms with Gasteiger partial charge in [-0.25, -0.2) is 0 Å². The summed E-state index contributed by atoms with van der Waals surface area (Å²) < 4.78 is 0. The summed E-state index contributed by atoms with van der Waals surface area (Å²) in [6.07, 6.45) is 2.97. The normalized spacial score (nSPS) is 17.1. The number of nitrogens with one attached hydrogen (secondary N) is 1. The number of amides is 2. The van der Waals surface area contributed by atoms with Crippen molar-refractivity contribution in [3.05, 3.63) is 65.2 Å². The first-order valence-corrected chi connectivity index (χ1v) is 9.72. The summed E-state index contributed by atoms with van der Waals surface area (Å²) in [7, 11) is 0. The summed E-state index contributed by atoms with van der Waals surface area (Å²) in [4.78, 5) is 28.7. The van der Waals surface area contributed by atoms with Crippen molar-refractivity contribution in [2.75, 3.05) is 37.6 Å². The average molecular weight is 363 g/mol. The molecule has 2 aliphatic heterocycles. The van der Waals surface area contributed by atoms with Crippen molar-refractivity contribution in [3.63, 3.8) is 0 Å². The fourth-order valence-electron chi connectivity index (χ4n) is 4.02. The highest BCUT2D eigenvalue weighted by Gasteiger charge is 2.28. The molecule has 2 aromatic carbocycles. The fraction of sp³-hybridized carbons (Fsp3) is 0.364. The first-order valence-electron chi connectivity index (χ1n) is 9.72. The fourth-order valence-corrected chi connectivity index (χ4v) is 4.02. The molecule has 2 aliphatic rings. The van der Waals surface area contributed by atoms with Gasteiger partial charge in [0.15, 0.2) is 0 Å². The van der Waals surface area contributed by atoms with Gasteiger partial charge in [0.05, 0.1) is 11.1 Å². The molecule has 2 amide bonds. The van der Waals surface area contributed by atoms with Crippen LogP contribution in [0.3, 0.4) is 0 Å². The van der Waals surface area contributed by atoms with Gasteiger partial charge in [0.2, 0.25) is 0 Å². The summed E-state index contributed by atoms with van der Waals surface area (Å²) >= 11 is 0. The van der Waals surface area contributed by atoms with Crippen molar-refractivity contribution < 1.29 is 9.59 Å². The predicted molar refractivity (Wildman–Crippen MR) is 106 cm³/mol. The van der Waals surface area contributed by atoms with Crippen LogP contribution < -0.4 is 10.2 Å². The summed E-state index contributed by atoms with van der Waals surface area (Å²) in [5.41, 5.74) is 3.40. The molecule has 5 nitrogen and oxygen atoms in total. The number of hydrogen-bond donors (Lipinski definition) is 1. The monoisotopic (exact) mass is 363 g/mol. The lowest BCUT2D eigenvalue weighted by Crippen LogP contribution is -2.46. The number of fused-ring (bicyclic) bond motifs is 1. The lowest BCUT2D eigenvalue weighted by molar-refractivity contribution is 0.0879. The van der Waals surface area contributed by atoms with Crippen molar-refractivity contribution in [1.29, 1.82) is 0 Å². The highest BCUT2D eigenvalue weighted by molar-refractivity contribution is 6.22. The Morgan fingerprint density at radius 3 is 2.37 bits per heavy atom. The molecule has 1 fully saturated rings. The molecule has 2 aromatic rings. The van der Waals surface area contributed by atoms with E-state index < -0.39 is 0 Å². The summed E-state index contributed by atoms with van der Waals surface area (Å²) in [5.74, 6) is -0.518. The molecule has 27 heavy (non-hydrogen) atoms. The van der Waals surface area contributed by atoms with E-state index in [0.717, 1.165) is 57.5 Å². The number of anilines is 1. The zero-order valence-corrected chi connectivity index (χ0v) is 15.5. The Kier molecular flexibility index (Phi) is 5.21. The number of benzene rings is 2. The van der Waals surface area contributed by atoms with Crippen LogP contribution in [0.15, 0.2) is 48.5 Å². The lowest BCUT2D eigenvalue weighted by Gasteiger charge is -2.36. The summed E-state index contributed by atoms with van der Waals surface area (Å²) in [6.45, 7) is 5.40. The van der Waals surface area contributed by atoms with E-state index in [2.05, 4.69) is 45.4 Å². The SMILES string of the molecule is O=C1NC(=O)c2c(CCCCN3CCN(c4ccccc4)CC3)cccc21. The van der Waals surface area contributed by atoms with Gasteiger partial charge in [0.1, 0.15) is 0 Å². The molecule has 2 heterocycles. The maximum Gasteiger partial charge on any atom is 0.259 e. The first-order chi connectivity index (χ1) is 13.2. The molecule has 0 radical (unpaired) electrons. The molecule has 0 bridgehead atoms. The van der Waals surface area contributed by atoms with E-state index in [1.165, 1.54) is 5.69 Å². The number of imide groups is 1. The first kappa shape index (κ1) is 17.7. The van der Waals surface area contributed by atoms with E-state index in [1.807, 2.05) is 12.1 Å². The van der Waals surface area contributed by atoms with Crippen LogP contribution in [-0.2, 0) is 6.42 Å². The Labute approximate surface area is 160 Å². The second-order valence-electron chi connectivity index (χ2n) is 7.24. The maximum absolute atomic E-state index is 12.0. The number of para-hydroxylation sites is 1. The minimum atomic E-state index is -0.270. The molecule has 0 atom stereocenters. The largest absolute Gasteiger partial charge is 0.369 e. The van der Waals surface area contributed by atoms with E-state index >= 15 is 0 Å². The number of unbranched alkanes of at least 4 members (excludes halogenated alkanes) is 1. The van der Waals surface area contributed by atoms with Crippen LogP contribution in [0.1, 0.15) is 39.1 Å². The standard InChI is InChI=1S/C22H25N3O2/c26-21-19-11-6-8-17(20(19)22(27)23-21)7-4-5-12-24-13-15-25(16-14-24)18-9-2-1-3-10-18/h1-3,6,8-11H,4-5,7,12-16H2,(H,23,26,27). The third-order valence-corrected chi connectivity index (χ3v) is 5.51. The van der Waals surface area contributed by atoms with Crippen molar-refractivity contribution >= 4 is 17.5 Å². The van der Waals surface area contributed by atoms with Crippen LogP contribution in [-0.4, -0.2) is 49.4 Å². The Balaban J connectivity index is 1.23. The smallest absolute Gasteiger partial charge is 0.259 e. The second-order valence-corrected chi connectivity index (χ2v) is 7.24. The Bertz CT molecular complexity index is 827. The molecule has 140 valence electrons. The zero-order valence-electron chi connectivity index (χ0n) is 15.5. The van der Waals surface area contributed by atoms with E-state index in [1.54, 1.807) is 6.07 Å². The molecular formula is C22H25N3O2. The van der Waals surface area contributed by atoms with Gasteiger partial charge in [-0.3, -0.25) is 19.8 Å². The molecule has 1 N–H and O–H groups in total. The highest BCUT2D eigenvalue weighted by atomic mass is 16.2. The summed E-state index contributed by atoms with van der Waals surface area (Å²) in [6, 6.07) is 16.2. The Morgan fingerprint density at radius 1 is 0.815 bits per heavy atom. The van der Waals surface area contributed by atoms with Crippen molar-refractivity contribution in [2.45, 2.75) is 19.3 Å². The quantitative estimate of drug-likeness (QED) is 0.633. The number of rotatable bonds is 6. The number of nitrogens with zero attached hydrogens (tertiary/aromatic N) is 2. The second kappa shape index (κ2) is 7.92. The Morgan fingerprint density at radius 2 is 1.59 bits per heavy atom. The molecule has 4 rings (SSSR count). The molecule has 1 saturated heterocycles. The van der Waals surface area contributed by atoms with Gasteiger partial charge in [-0.2, -0.15) is 0 Å². The van der Waals surface area contributed by atoms with Gasteiger partial charge in [0, 0.05) is 31.9 Å². The highest BCUT2D eigenvalue weighted by Crippen LogP contribution is 2.22. The van der Waals surface area contributed by atoms with Gasteiger partial charge in [0.25, 0.3) is 11.8 Å². The van der Waals surface area contributed by atoms with Gasteiger partial charge in [-0.15, -0.1) is 0 Å². The maximum atomic E-state index is 12.0. The molecule has 0 saturated carbocycles. The molecular weight excluding hydrogens is 338 g/mol. The third kappa shape index (κ3) is 3.88. The summed E-state index contributed by atoms with van der Waals surface area (Å²) in [5, 5.41) is 2.39. The Hall–Kier alpha value is -2.66. The van der Waals surface area contributed by atoms with E-state index in [4.69, 9.17) is 0 Å². The number of carbonyl (C=O) groups is 2. The van der Waals surface area contributed by atoms with Crippen LogP contribution in [0, 0.1) is 0 Å². The average Bonchev–Trinajstić information content (AvgIpc) is 3.01. The molecule has 0 aliphatic carbocycles. The molecule has 0 spiro atoms. The van der Waals surface area contributed by atoms with Crippen molar-refractivity contribution in [1.82, 2.24) is 10.2 Å². The van der Waals surface area contributed by atoms with E-state index in [0.29, 0.717) is 11.1 Å². The number of hydrogen-bond acceptors (Lipinski definition) is 4. The van der Waals surface area contributed by atoms with Crippen LogP contribution >= 0.6 is 0 Å². The van der Waals surface area contributed by atoms with E-state index in [-0.39, 0.29) is 11.8 Å². The van der Waals surface area contributed by atoms with E-state index in [9.17, 15) is 9.59 Å². The van der Waals surface area contributed by atoms with Crippen molar-refractivity contribution in [3.8, 4) is 0 Å². The number of carbonyl (C=O) groups excluding carboxylic acids is 2. The zero-order chi connectivity index (χ0) is 18.6. The predicted octanol–water partition coefficient (Wildman–Crippen LogP) is 2.72. The van der Waals surface area contributed by atoms with Crippen LogP contribution in [0.25, 0.3) is 0 Å². The molecule has 0 unspecified atom stereocenters. The van der Waals surface area contributed by atoms with Crippen LogP contribution in [0.2, 0.25) is 0 Å². The van der Waals surface area contributed by atoms with Crippen LogP contribution in [0.5, 0.6) is 0 Å². The van der Waals surface area contributed by atoms with Gasteiger partial charge < -0.3 is 4.90 Å². The lowest BCUT2D eigenvalue weighted by atomic mass is 9.98. The van der Waals surface area contributed by atoms with Crippen molar-refractivity contribution in [2.24, 2.45) is 0 Å². The van der Waals surface area contributed by atoms with Gasteiger partial charge in [-0.1, -0.05) is 30.3 Å². The topological polar surface area (TPSA) is 52.7 Å². The minimum absolute atomic E-state index is 0.248. The third-order valence-electron chi connectivity index (χ3n) is 5.51. The van der Waals surface area contributed by atoms with Crippen LogP contribution in [0.4, 0.5) is 5.69 Å². The molecule has 0 aromatic heterocycles.